The van der Waals surface area contributed by atoms with Crippen molar-refractivity contribution in [2.24, 2.45) is 0 Å². The van der Waals surface area contributed by atoms with Crippen molar-refractivity contribution in [3.05, 3.63) is 79.4 Å². The number of carbonyl (C=O) groups excluding carboxylic acids is 1. The molecular weight excluding hydrogens is 402 g/mol. The van der Waals surface area contributed by atoms with Crippen molar-refractivity contribution in [2.45, 2.75) is 13.1 Å². The van der Waals surface area contributed by atoms with E-state index in [2.05, 4.69) is 0 Å². The number of benzene rings is 2. The number of alkyl halides is 1. The van der Waals surface area contributed by atoms with Crippen molar-refractivity contribution in [1.29, 1.82) is 0 Å². The maximum Gasteiger partial charge on any atom is 0.414 e. The highest BCUT2D eigenvalue weighted by molar-refractivity contribution is 5.83. The van der Waals surface area contributed by atoms with Crippen LogP contribution in [0.4, 0.5) is 19.3 Å². The molecule has 10 heteroatoms. The fourth-order valence-electron chi connectivity index (χ4n) is 2.90. The molecule has 3 aromatic rings. The minimum absolute atomic E-state index is 0.0139. The van der Waals surface area contributed by atoms with Gasteiger partial charge in [0.05, 0.1) is 4.92 Å². The zero-order valence-electron chi connectivity index (χ0n) is 16.0. The number of nitro benzene ring substituents is 1. The molecule has 1 heterocycles. The molecule has 0 spiro atoms. The van der Waals surface area contributed by atoms with Gasteiger partial charge in [-0.1, -0.05) is 12.1 Å². The SMILES string of the molecule is CN(C)C(=O)Oc1ccc2c(CF)c(Cc3cccc([N+](=O)[O-])c3F)c(=O)oc2c1. The smallest absolute Gasteiger partial charge is 0.414 e. The summed E-state index contributed by atoms with van der Waals surface area (Å²) in [6, 6.07) is 7.64. The number of carbonyl (C=O) groups is 1. The molecule has 3 rings (SSSR count). The Kier molecular flexibility index (Phi) is 5.77. The first-order chi connectivity index (χ1) is 14.2. The number of amides is 1. The second-order valence-corrected chi connectivity index (χ2v) is 6.58. The van der Waals surface area contributed by atoms with E-state index in [-0.39, 0.29) is 39.8 Å². The average Bonchev–Trinajstić information content (AvgIpc) is 2.69. The Bertz CT molecular complexity index is 1210. The van der Waals surface area contributed by atoms with Crippen molar-refractivity contribution < 1.29 is 27.7 Å². The second-order valence-electron chi connectivity index (χ2n) is 6.58. The minimum Gasteiger partial charge on any atom is -0.422 e. The Balaban J connectivity index is 2.08. The van der Waals surface area contributed by atoms with E-state index in [9.17, 15) is 28.5 Å². The fraction of sp³-hybridized carbons (Fsp3) is 0.200. The first kappa shape index (κ1) is 20.9. The molecule has 0 radical (unpaired) electrons. The summed E-state index contributed by atoms with van der Waals surface area (Å²) < 4.78 is 38.6. The number of ether oxygens (including phenoxy) is 1. The molecular formula is C20H16F2N2O6. The van der Waals surface area contributed by atoms with E-state index in [4.69, 9.17) is 9.15 Å². The highest BCUT2D eigenvalue weighted by atomic mass is 19.1. The van der Waals surface area contributed by atoms with Gasteiger partial charge in [0.25, 0.3) is 0 Å². The molecule has 0 unspecified atom stereocenters. The number of rotatable bonds is 5. The van der Waals surface area contributed by atoms with Gasteiger partial charge in [-0.05, 0) is 17.7 Å². The van der Waals surface area contributed by atoms with Gasteiger partial charge in [-0.2, -0.15) is 4.39 Å². The first-order valence-electron chi connectivity index (χ1n) is 8.68. The van der Waals surface area contributed by atoms with Gasteiger partial charge in [0.2, 0.25) is 5.82 Å². The van der Waals surface area contributed by atoms with Crippen molar-refractivity contribution in [3.63, 3.8) is 0 Å². The van der Waals surface area contributed by atoms with Crippen LogP contribution in [-0.4, -0.2) is 30.0 Å². The van der Waals surface area contributed by atoms with Crippen LogP contribution in [0.15, 0.2) is 45.6 Å². The van der Waals surface area contributed by atoms with Crippen LogP contribution in [0, 0.1) is 15.9 Å². The summed E-state index contributed by atoms with van der Waals surface area (Å²) in [6.45, 7) is -1.05. The second kappa shape index (κ2) is 8.27. The van der Waals surface area contributed by atoms with E-state index in [1.807, 2.05) is 0 Å². The molecule has 0 aliphatic heterocycles. The van der Waals surface area contributed by atoms with Crippen LogP contribution in [0.1, 0.15) is 16.7 Å². The van der Waals surface area contributed by atoms with Crippen molar-refractivity contribution in [1.82, 2.24) is 4.90 Å². The van der Waals surface area contributed by atoms with Crippen LogP contribution in [-0.2, 0) is 13.1 Å². The molecule has 0 aliphatic rings. The van der Waals surface area contributed by atoms with Crippen LogP contribution in [0.5, 0.6) is 5.75 Å². The third-order valence-electron chi connectivity index (χ3n) is 4.42. The van der Waals surface area contributed by atoms with Gasteiger partial charge in [-0.15, -0.1) is 0 Å². The minimum atomic E-state index is -1.10. The van der Waals surface area contributed by atoms with E-state index >= 15 is 0 Å². The van der Waals surface area contributed by atoms with Crippen molar-refractivity contribution >= 4 is 22.7 Å². The van der Waals surface area contributed by atoms with Crippen LogP contribution in [0.25, 0.3) is 11.0 Å². The summed E-state index contributed by atoms with van der Waals surface area (Å²) in [5.74, 6) is -1.01. The lowest BCUT2D eigenvalue weighted by Crippen LogP contribution is -2.25. The predicted molar refractivity (Wildman–Crippen MR) is 103 cm³/mol. The third-order valence-corrected chi connectivity index (χ3v) is 4.42. The van der Waals surface area contributed by atoms with Gasteiger partial charge in [-0.3, -0.25) is 10.1 Å². The van der Waals surface area contributed by atoms with E-state index < -0.39 is 34.8 Å². The van der Waals surface area contributed by atoms with Crippen molar-refractivity contribution in [3.8, 4) is 5.75 Å². The highest BCUT2D eigenvalue weighted by Crippen LogP contribution is 2.28. The van der Waals surface area contributed by atoms with Gasteiger partial charge in [-0.25, -0.2) is 14.0 Å². The van der Waals surface area contributed by atoms with E-state index in [1.54, 1.807) is 0 Å². The number of halogens is 2. The van der Waals surface area contributed by atoms with Crippen LogP contribution in [0.3, 0.4) is 0 Å². The lowest BCUT2D eigenvalue weighted by atomic mass is 9.98. The van der Waals surface area contributed by atoms with E-state index in [1.165, 1.54) is 49.3 Å². The van der Waals surface area contributed by atoms with Crippen LogP contribution in [0.2, 0.25) is 0 Å². The average molecular weight is 418 g/mol. The normalized spacial score (nSPS) is 10.8. The Labute approximate surface area is 168 Å². The fourth-order valence-corrected chi connectivity index (χ4v) is 2.90. The molecule has 0 saturated carbocycles. The lowest BCUT2D eigenvalue weighted by Gasteiger charge is -2.12. The molecule has 0 N–H and O–H groups in total. The quantitative estimate of drug-likeness (QED) is 0.353. The molecule has 0 fully saturated rings. The van der Waals surface area contributed by atoms with E-state index in [0.29, 0.717) is 0 Å². The molecule has 2 aromatic carbocycles. The number of fused-ring (bicyclic) bond motifs is 1. The monoisotopic (exact) mass is 418 g/mol. The molecule has 1 aromatic heterocycles. The lowest BCUT2D eigenvalue weighted by molar-refractivity contribution is -0.387. The molecule has 1 amide bonds. The molecule has 0 bridgehead atoms. The maximum absolute atomic E-state index is 14.4. The Morgan fingerprint density at radius 2 is 1.97 bits per heavy atom. The zero-order valence-corrected chi connectivity index (χ0v) is 16.0. The Morgan fingerprint density at radius 3 is 2.60 bits per heavy atom. The molecule has 30 heavy (non-hydrogen) atoms. The topological polar surface area (TPSA) is 103 Å². The standard InChI is InChI=1S/C20H16F2N2O6/c1-23(2)20(26)29-12-6-7-13-15(10-21)14(19(25)30-17(13)9-12)8-11-4-3-5-16(18(11)22)24(27)28/h3-7,9H,8,10H2,1-2H3. The number of hydrogen-bond donors (Lipinski definition) is 0. The largest absolute Gasteiger partial charge is 0.422 e. The van der Waals surface area contributed by atoms with Gasteiger partial charge in [0.15, 0.2) is 0 Å². The summed E-state index contributed by atoms with van der Waals surface area (Å²) >= 11 is 0. The zero-order chi connectivity index (χ0) is 22.0. The summed E-state index contributed by atoms with van der Waals surface area (Å²) in [6.07, 6.45) is -1.04. The summed E-state index contributed by atoms with van der Waals surface area (Å²) in [5, 5.41) is 11.2. The molecule has 0 saturated heterocycles. The molecule has 0 aliphatic carbocycles. The summed E-state index contributed by atoms with van der Waals surface area (Å²) in [5.41, 5.74) is -1.99. The van der Waals surface area contributed by atoms with Gasteiger partial charge >= 0.3 is 17.4 Å². The molecule has 156 valence electrons. The Hall–Kier alpha value is -3.82. The van der Waals surface area contributed by atoms with Gasteiger partial charge < -0.3 is 14.1 Å². The van der Waals surface area contributed by atoms with Crippen LogP contribution < -0.4 is 10.4 Å². The maximum atomic E-state index is 14.4. The summed E-state index contributed by atoms with van der Waals surface area (Å²) in [4.78, 5) is 35.4. The molecule has 0 atom stereocenters. The van der Waals surface area contributed by atoms with Crippen LogP contribution >= 0.6 is 0 Å². The third kappa shape index (κ3) is 3.97. The number of hydrogen-bond acceptors (Lipinski definition) is 6. The van der Waals surface area contributed by atoms with Gasteiger partial charge in [0.1, 0.15) is 18.0 Å². The van der Waals surface area contributed by atoms with Crippen molar-refractivity contribution in [2.75, 3.05) is 14.1 Å². The highest BCUT2D eigenvalue weighted by Gasteiger charge is 2.21. The Morgan fingerprint density at radius 1 is 1.23 bits per heavy atom. The first-order valence-corrected chi connectivity index (χ1v) is 8.68. The summed E-state index contributed by atoms with van der Waals surface area (Å²) in [7, 11) is 2.98. The number of nitro groups is 1. The molecule has 8 nitrogen and oxygen atoms in total. The van der Waals surface area contributed by atoms with Gasteiger partial charge in [0, 0.05) is 49.2 Å². The van der Waals surface area contributed by atoms with E-state index in [0.717, 1.165) is 6.07 Å². The predicted octanol–water partition coefficient (Wildman–Crippen LogP) is 3.96. The number of nitrogens with zero attached hydrogens (tertiary/aromatic N) is 2.